The van der Waals surface area contributed by atoms with Gasteiger partial charge in [0.25, 0.3) is 5.91 Å². The van der Waals surface area contributed by atoms with Crippen LogP contribution in [0, 0.1) is 11.6 Å². The van der Waals surface area contributed by atoms with Crippen molar-refractivity contribution >= 4 is 27.5 Å². The van der Waals surface area contributed by atoms with Gasteiger partial charge in [-0.2, -0.15) is 5.10 Å². The number of anilines is 1. The lowest BCUT2D eigenvalue weighted by molar-refractivity contribution is 0.102. The van der Waals surface area contributed by atoms with Gasteiger partial charge in [0.2, 0.25) is 0 Å². The van der Waals surface area contributed by atoms with Crippen LogP contribution in [0.3, 0.4) is 0 Å². The Bertz CT molecular complexity index is 1120. The number of hydrogen-bond acceptors (Lipinski definition) is 4. The Morgan fingerprint density at radius 1 is 1.19 bits per heavy atom. The van der Waals surface area contributed by atoms with Gasteiger partial charge >= 0.3 is 0 Å². The molecule has 1 fully saturated rings. The fraction of sp³-hybridized carbons (Fsp3) is 0.273. The number of aryl methyl sites for hydroxylation is 1. The maximum atomic E-state index is 13.5. The summed E-state index contributed by atoms with van der Waals surface area (Å²) in [6.07, 6.45) is 2.69. The molecule has 0 unspecified atom stereocenters. The Balaban J connectivity index is 1.66. The van der Waals surface area contributed by atoms with Gasteiger partial charge in [0.05, 0.1) is 16.4 Å². The molecule has 4 rings (SSSR count). The summed E-state index contributed by atoms with van der Waals surface area (Å²) in [6.45, 7) is 1.80. The summed E-state index contributed by atoms with van der Waals surface area (Å²) < 4.78 is 35.5. The number of likely N-dealkylation sites (N-methyl/N-ethyl adjacent to an activating group) is 1. The van der Waals surface area contributed by atoms with Gasteiger partial charge in [0.1, 0.15) is 11.9 Å². The molecule has 0 spiro atoms. The zero-order chi connectivity index (χ0) is 22.1. The van der Waals surface area contributed by atoms with Gasteiger partial charge in [-0.25, -0.2) is 8.78 Å². The highest BCUT2D eigenvalue weighted by Gasteiger charge is 2.24. The quantitative estimate of drug-likeness (QED) is 0.573. The summed E-state index contributed by atoms with van der Waals surface area (Å²) >= 11 is 3.53. The van der Waals surface area contributed by atoms with E-state index in [0.29, 0.717) is 11.4 Å². The highest BCUT2D eigenvalue weighted by atomic mass is 79.9. The van der Waals surface area contributed by atoms with Crippen LogP contribution >= 0.6 is 15.9 Å². The third-order valence-electron chi connectivity index (χ3n) is 5.21. The molecule has 1 saturated heterocycles. The maximum absolute atomic E-state index is 13.5. The number of carbonyl (C=O) groups is 1. The molecule has 1 aliphatic rings. The second-order valence-corrected chi connectivity index (χ2v) is 8.40. The number of aromatic nitrogens is 2. The molecule has 1 atom stereocenters. The van der Waals surface area contributed by atoms with E-state index in [1.165, 1.54) is 6.07 Å². The minimum absolute atomic E-state index is 0.0245. The first-order valence-corrected chi connectivity index (χ1v) is 10.5. The van der Waals surface area contributed by atoms with E-state index in [2.05, 4.69) is 38.3 Å². The third kappa shape index (κ3) is 4.62. The molecule has 0 bridgehead atoms. The predicted molar refractivity (Wildman–Crippen MR) is 117 cm³/mol. The highest BCUT2D eigenvalue weighted by molar-refractivity contribution is 9.10. The first-order chi connectivity index (χ1) is 14.8. The van der Waals surface area contributed by atoms with Crippen molar-refractivity contribution in [2.45, 2.75) is 12.5 Å². The monoisotopic (exact) mass is 490 g/mol. The second kappa shape index (κ2) is 8.76. The van der Waals surface area contributed by atoms with Gasteiger partial charge < -0.3 is 15.0 Å². The van der Waals surface area contributed by atoms with E-state index in [4.69, 9.17) is 4.74 Å². The summed E-state index contributed by atoms with van der Waals surface area (Å²) in [5.74, 6) is -1.94. The summed E-state index contributed by atoms with van der Waals surface area (Å²) in [5, 5.41) is 7.01. The number of rotatable bonds is 5. The molecule has 6 nitrogen and oxygen atoms in total. The smallest absolute Gasteiger partial charge is 0.255 e. The molecule has 1 aromatic heterocycles. The third-order valence-corrected chi connectivity index (χ3v) is 5.79. The van der Waals surface area contributed by atoms with Gasteiger partial charge in [-0.15, -0.1) is 0 Å². The number of halogens is 3. The number of carbonyl (C=O) groups excluding carboxylic acids is 1. The van der Waals surface area contributed by atoms with Crippen LogP contribution in [0.4, 0.5) is 14.5 Å². The van der Waals surface area contributed by atoms with Gasteiger partial charge in [0, 0.05) is 37.0 Å². The summed E-state index contributed by atoms with van der Waals surface area (Å²) in [4.78, 5) is 14.8. The number of likely N-dealkylation sites (tertiary alicyclic amines) is 1. The second-order valence-electron chi connectivity index (χ2n) is 7.55. The van der Waals surface area contributed by atoms with E-state index in [1.54, 1.807) is 29.1 Å². The van der Waals surface area contributed by atoms with E-state index in [-0.39, 0.29) is 11.7 Å². The summed E-state index contributed by atoms with van der Waals surface area (Å²) in [5.41, 5.74) is 2.07. The summed E-state index contributed by atoms with van der Waals surface area (Å²) in [6, 6.07) is 8.34. The minimum atomic E-state index is -1.07. The molecule has 2 heterocycles. The predicted octanol–water partition coefficient (Wildman–Crippen LogP) is 4.46. The summed E-state index contributed by atoms with van der Waals surface area (Å²) in [7, 11) is 3.87. The molecular formula is C22H21BrF2N4O2. The Kier molecular flexibility index (Phi) is 6.06. The average Bonchev–Trinajstić information content (AvgIpc) is 3.29. The molecule has 31 heavy (non-hydrogen) atoms. The number of benzene rings is 2. The molecule has 1 amide bonds. The zero-order valence-corrected chi connectivity index (χ0v) is 18.6. The number of nitrogens with zero attached hydrogens (tertiary/aromatic N) is 3. The van der Waals surface area contributed by atoms with E-state index in [1.807, 2.05) is 7.05 Å². The lowest BCUT2D eigenvalue weighted by atomic mass is 10.1. The average molecular weight is 491 g/mol. The van der Waals surface area contributed by atoms with E-state index in [0.717, 1.165) is 47.4 Å². The van der Waals surface area contributed by atoms with E-state index < -0.39 is 17.5 Å². The number of ether oxygens (including phenoxy) is 1. The molecule has 162 valence electrons. The van der Waals surface area contributed by atoms with Crippen LogP contribution < -0.4 is 10.1 Å². The van der Waals surface area contributed by atoms with Crippen LogP contribution in [0.25, 0.3) is 11.3 Å². The topological polar surface area (TPSA) is 59.4 Å². The molecule has 0 radical (unpaired) electrons. The van der Waals surface area contributed by atoms with Crippen molar-refractivity contribution in [3.8, 4) is 17.0 Å². The lowest BCUT2D eigenvalue weighted by Crippen LogP contribution is -2.21. The van der Waals surface area contributed by atoms with Crippen LogP contribution in [-0.2, 0) is 7.05 Å². The standard InChI is InChI=1S/C22H21BrF2N4O2/c1-28-8-7-15(12-28)31-20-6-4-14(10-16(20)21-17(23)11-26-29(21)2)27-22(30)13-3-5-18(24)19(25)9-13/h3-6,9-11,15H,7-8,12H2,1-2H3,(H,27,30)/t15-/m1/s1. The number of hydrogen-bond donors (Lipinski definition) is 1. The van der Waals surface area contributed by atoms with Crippen LogP contribution in [0.15, 0.2) is 47.1 Å². The Labute approximate surface area is 186 Å². The molecule has 1 aliphatic heterocycles. The first-order valence-electron chi connectivity index (χ1n) is 9.75. The Hall–Kier alpha value is -2.78. The molecule has 3 aromatic rings. The first kappa shape index (κ1) is 21.5. The fourth-order valence-electron chi connectivity index (χ4n) is 3.62. The zero-order valence-electron chi connectivity index (χ0n) is 17.0. The van der Waals surface area contributed by atoms with Crippen molar-refractivity contribution in [3.05, 3.63) is 64.3 Å². The van der Waals surface area contributed by atoms with Crippen molar-refractivity contribution in [1.29, 1.82) is 0 Å². The van der Waals surface area contributed by atoms with Crippen LogP contribution in [0.5, 0.6) is 5.75 Å². The molecule has 1 N–H and O–H groups in total. The normalized spacial score (nSPS) is 16.5. The van der Waals surface area contributed by atoms with Crippen molar-refractivity contribution in [1.82, 2.24) is 14.7 Å². The van der Waals surface area contributed by atoms with Crippen LogP contribution in [-0.4, -0.2) is 46.8 Å². The van der Waals surface area contributed by atoms with Crippen molar-refractivity contribution in [2.75, 3.05) is 25.5 Å². The minimum Gasteiger partial charge on any atom is -0.488 e. The number of amides is 1. The molecule has 2 aromatic carbocycles. The fourth-order valence-corrected chi connectivity index (χ4v) is 4.18. The molecular weight excluding hydrogens is 470 g/mol. The molecule has 0 aliphatic carbocycles. The van der Waals surface area contributed by atoms with Crippen molar-refractivity contribution in [2.24, 2.45) is 7.05 Å². The highest BCUT2D eigenvalue weighted by Crippen LogP contribution is 2.37. The van der Waals surface area contributed by atoms with Gasteiger partial charge in [-0.1, -0.05) is 0 Å². The largest absolute Gasteiger partial charge is 0.488 e. The van der Waals surface area contributed by atoms with Gasteiger partial charge in [-0.05, 0) is 65.8 Å². The van der Waals surface area contributed by atoms with E-state index in [9.17, 15) is 13.6 Å². The lowest BCUT2D eigenvalue weighted by Gasteiger charge is -2.18. The van der Waals surface area contributed by atoms with Crippen LogP contribution in [0.1, 0.15) is 16.8 Å². The van der Waals surface area contributed by atoms with Gasteiger partial charge in [0.15, 0.2) is 11.6 Å². The molecule has 9 heteroatoms. The van der Waals surface area contributed by atoms with Crippen molar-refractivity contribution in [3.63, 3.8) is 0 Å². The number of nitrogens with one attached hydrogen (secondary N) is 1. The Morgan fingerprint density at radius 3 is 2.65 bits per heavy atom. The van der Waals surface area contributed by atoms with E-state index >= 15 is 0 Å². The van der Waals surface area contributed by atoms with Gasteiger partial charge in [-0.3, -0.25) is 9.48 Å². The SMILES string of the molecule is CN1CC[C@@H](Oc2ccc(NC(=O)c3ccc(F)c(F)c3)cc2-c2c(Br)cnn2C)C1. The molecule has 0 saturated carbocycles. The van der Waals surface area contributed by atoms with Crippen molar-refractivity contribution < 1.29 is 18.3 Å². The van der Waals surface area contributed by atoms with Crippen LogP contribution in [0.2, 0.25) is 0 Å². The Morgan fingerprint density at radius 2 is 2.00 bits per heavy atom. The maximum Gasteiger partial charge on any atom is 0.255 e.